The van der Waals surface area contributed by atoms with E-state index in [0.717, 1.165) is 12.8 Å². The van der Waals surface area contributed by atoms with E-state index in [0.29, 0.717) is 0 Å². The Labute approximate surface area is 94.7 Å². The second kappa shape index (κ2) is 9.48. The molecule has 0 bridgehead atoms. The summed E-state index contributed by atoms with van der Waals surface area (Å²) in [5, 5.41) is 0. The van der Waals surface area contributed by atoms with Crippen LogP contribution < -0.4 is 0 Å². The van der Waals surface area contributed by atoms with Crippen LogP contribution in [0.5, 0.6) is 0 Å². The Morgan fingerprint density at radius 1 is 0.692 bits per heavy atom. The predicted molar refractivity (Wildman–Crippen MR) is 52.3 cm³/mol. The minimum absolute atomic E-state index is 0. The SMILES string of the molecule is [C-]1=CC=CC1.[C-]1=CC=CC=CC1.[Mo+2]. The Morgan fingerprint density at radius 3 is 1.85 bits per heavy atom. The first-order valence-electron chi connectivity index (χ1n) is 4.10. The van der Waals surface area contributed by atoms with Crippen molar-refractivity contribution in [2.75, 3.05) is 0 Å². The third-order valence-corrected chi connectivity index (χ3v) is 1.39. The van der Waals surface area contributed by atoms with Crippen molar-refractivity contribution in [3.8, 4) is 0 Å². The molecule has 0 aromatic carbocycles. The number of hydrogen-bond donors (Lipinski definition) is 0. The Kier molecular flexibility index (Phi) is 9.03. The van der Waals surface area contributed by atoms with E-state index < -0.39 is 0 Å². The second-order valence-electron chi connectivity index (χ2n) is 2.39. The van der Waals surface area contributed by atoms with E-state index in [-0.39, 0.29) is 21.1 Å². The third kappa shape index (κ3) is 7.74. The van der Waals surface area contributed by atoms with Crippen LogP contribution in [-0.4, -0.2) is 0 Å². The van der Waals surface area contributed by atoms with Crippen molar-refractivity contribution in [1.82, 2.24) is 0 Å². The average Bonchev–Trinajstić information content (AvgIpc) is 2.54. The maximum Gasteiger partial charge on any atom is 2.00 e. The van der Waals surface area contributed by atoms with Crippen LogP contribution >= 0.6 is 0 Å². The molecule has 0 fully saturated rings. The zero-order chi connectivity index (χ0) is 8.49. The van der Waals surface area contributed by atoms with Gasteiger partial charge in [0.05, 0.1) is 0 Å². The van der Waals surface area contributed by atoms with Gasteiger partial charge in [0.25, 0.3) is 0 Å². The molecule has 2 rings (SSSR count). The van der Waals surface area contributed by atoms with E-state index in [4.69, 9.17) is 0 Å². The van der Waals surface area contributed by atoms with Crippen LogP contribution in [0.15, 0.2) is 48.6 Å². The summed E-state index contributed by atoms with van der Waals surface area (Å²) in [6.07, 6.45) is 24.0. The van der Waals surface area contributed by atoms with Gasteiger partial charge in [0.1, 0.15) is 0 Å². The maximum absolute atomic E-state index is 3.05. The molecule has 0 saturated carbocycles. The first-order valence-corrected chi connectivity index (χ1v) is 4.10. The molecule has 0 aromatic heterocycles. The van der Waals surface area contributed by atoms with Crippen molar-refractivity contribution < 1.29 is 21.1 Å². The van der Waals surface area contributed by atoms with Crippen molar-refractivity contribution in [3.63, 3.8) is 0 Å². The Bertz CT molecular complexity index is 218. The van der Waals surface area contributed by atoms with Gasteiger partial charge in [-0.1, -0.05) is 18.6 Å². The van der Waals surface area contributed by atoms with E-state index in [1.165, 1.54) is 0 Å². The standard InChI is InChI=1S/C7H7.C5H5.Mo/c1-2-4-6-7-5-3-1;1-2-4-5-3-1;/h1-5H,6H2;1-3H,4H2;/q2*-1;+2. The molecule has 13 heavy (non-hydrogen) atoms. The van der Waals surface area contributed by atoms with E-state index in [1.54, 1.807) is 0 Å². The molecule has 0 aliphatic heterocycles. The van der Waals surface area contributed by atoms with Crippen LogP contribution in [0, 0.1) is 12.2 Å². The van der Waals surface area contributed by atoms with Gasteiger partial charge in [-0.2, -0.15) is 6.08 Å². The van der Waals surface area contributed by atoms with Crippen molar-refractivity contribution in [2.24, 2.45) is 0 Å². The van der Waals surface area contributed by atoms with Crippen molar-refractivity contribution in [1.29, 1.82) is 0 Å². The molecule has 0 nitrogen and oxygen atoms in total. The van der Waals surface area contributed by atoms with Crippen molar-refractivity contribution >= 4 is 0 Å². The molecule has 0 atom stereocenters. The second-order valence-corrected chi connectivity index (χ2v) is 2.39. The average molecular weight is 252 g/mol. The summed E-state index contributed by atoms with van der Waals surface area (Å²) in [7, 11) is 0. The molecule has 0 saturated heterocycles. The normalized spacial score (nSPS) is 16.0. The van der Waals surface area contributed by atoms with Crippen molar-refractivity contribution in [3.05, 3.63) is 60.8 Å². The molecular formula is C12H12Mo. The van der Waals surface area contributed by atoms with Gasteiger partial charge >= 0.3 is 21.1 Å². The summed E-state index contributed by atoms with van der Waals surface area (Å²) >= 11 is 0. The molecule has 2 aliphatic carbocycles. The zero-order valence-corrected chi connectivity index (χ0v) is 9.45. The minimum atomic E-state index is 0. The van der Waals surface area contributed by atoms with Gasteiger partial charge in [-0.25, -0.2) is 24.3 Å². The molecule has 0 heterocycles. The molecule has 0 aromatic rings. The van der Waals surface area contributed by atoms with E-state index in [9.17, 15) is 0 Å². The van der Waals surface area contributed by atoms with Crippen LogP contribution in [-0.2, 0) is 21.1 Å². The molecule has 0 N–H and O–H groups in total. The first-order chi connectivity index (χ1) is 6.00. The number of allylic oxidation sites excluding steroid dienone is 10. The smallest absolute Gasteiger partial charge is 0.273 e. The fourth-order valence-corrected chi connectivity index (χ4v) is 0.811. The fourth-order valence-electron chi connectivity index (χ4n) is 0.811. The molecule has 0 radical (unpaired) electrons. The molecule has 0 unspecified atom stereocenters. The summed E-state index contributed by atoms with van der Waals surface area (Å²) in [6, 6.07) is 0. The largest absolute Gasteiger partial charge is 2.00 e. The number of hydrogen-bond acceptors (Lipinski definition) is 0. The van der Waals surface area contributed by atoms with E-state index >= 15 is 0 Å². The monoisotopic (exact) mass is 254 g/mol. The van der Waals surface area contributed by atoms with Crippen LogP contribution in [0.4, 0.5) is 0 Å². The first kappa shape index (κ1) is 12.4. The summed E-state index contributed by atoms with van der Waals surface area (Å²) in [4.78, 5) is 0. The summed E-state index contributed by atoms with van der Waals surface area (Å²) in [6.45, 7) is 0. The van der Waals surface area contributed by atoms with Gasteiger partial charge < -0.3 is 0 Å². The third-order valence-electron chi connectivity index (χ3n) is 1.39. The summed E-state index contributed by atoms with van der Waals surface area (Å²) in [5.41, 5.74) is 0. The summed E-state index contributed by atoms with van der Waals surface area (Å²) < 4.78 is 0. The molecular weight excluding hydrogens is 240 g/mol. The van der Waals surface area contributed by atoms with E-state index in [2.05, 4.69) is 24.3 Å². The van der Waals surface area contributed by atoms with Crippen LogP contribution in [0.1, 0.15) is 12.8 Å². The minimum Gasteiger partial charge on any atom is -0.273 e. The van der Waals surface area contributed by atoms with Gasteiger partial charge in [-0.15, -0.1) is 12.5 Å². The van der Waals surface area contributed by atoms with Gasteiger partial charge in [0.15, 0.2) is 0 Å². The maximum atomic E-state index is 3.05. The predicted octanol–water partition coefficient (Wildman–Crippen LogP) is 3.17. The van der Waals surface area contributed by atoms with Gasteiger partial charge in [0, 0.05) is 0 Å². The van der Waals surface area contributed by atoms with Crippen LogP contribution in [0.25, 0.3) is 0 Å². The number of rotatable bonds is 0. The molecule has 0 amide bonds. The van der Waals surface area contributed by atoms with Gasteiger partial charge in [-0.05, 0) is 0 Å². The zero-order valence-electron chi connectivity index (χ0n) is 7.44. The van der Waals surface area contributed by atoms with Crippen LogP contribution in [0.3, 0.4) is 0 Å². The summed E-state index contributed by atoms with van der Waals surface area (Å²) in [5.74, 6) is 0. The molecule has 2 aliphatic rings. The quantitative estimate of drug-likeness (QED) is 0.459. The fraction of sp³-hybridized carbons (Fsp3) is 0.167. The molecule has 1 heteroatoms. The Hall–Kier alpha value is -0.612. The molecule has 0 spiro atoms. The van der Waals surface area contributed by atoms with Crippen molar-refractivity contribution in [2.45, 2.75) is 12.8 Å². The Balaban J connectivity index is 0.000000215. The Morgan fingerprint density at radius 2 is 1.31 bits per heavy atom. The van der Waals surface area contributed by atoms with Gasteiger partial charge in [0.2, 0.25) is 0 Å². The molecule has 66 valence electrons. The topological polar surface area (TPSA) is 0 Å². The van der Waals surface area contributed by atoms with Gasteiger partial charge in [-0.3, -0.25) is 12.2 Å². The van der Waals surface area contributed by atoms with E-state index in [1.807, 2.05) is 36.5 Å². The van der Waals surface area contributed by atoms with Crippen LogP contribution in [0.2, 0.25) is 0 Å².